The topological polar surface area (TPSA) is 0 Å². The van der Waals surface area contributed by atoms with Crippen molar-refractivity contribution in [3.63, 3.8) is 0 Å². The summed E-state index contributed by atoms with van der Waals surface area (Å²) in [6.07, 6.45) is 37.3. The first kappa shape index (κ1) is 29.7. The number of allylic oxidation sites excluding steroid dienone is 19. The Morgan fingerprint density at radius 1 is 0.756 bits per heavy atom. The van der Waals surface area contributed by atoms with Gasteiger partial charge in [-0.3, -0.25) is 5.73 Å². The number of hydrogen-bond acceptors (Lipinski definition) is 0. The van der Waals surface area contributed by atoms with Gasteiger partial charge in [-0.25, -0.2) is 53.4 Å². The van der Waals surface area contributed by atoms with Crippen molar-refractivity contribution in [2.45, 2.75) is 40.3 Å². The Morgan fingerprint density at radius 3 is 2.16 bits per heavy atom. The summed E-state index contributed by atoms with van der Waals surface area (Å²) < 4.78 is 0. The molecule has 5 aliphatic carbocycles. The van der Waals surface area contributed by atoms with Crippen molar-refractivity contribution in [1.29, 1.82) is 0 Å². The molecule has 0 saturated carbocycles. The van der Waals surface area contributed by atoms with Gasteiger partial charge in [0, 0.05) is 0 Å². The first-order valence-electron chi connectivity index (χ1n) is 15.7. The summed E-state index contributed by atoms with van der Waals surface area (Å²) in [7, 11) is -1.63. The van der Waals surface area contributed by atoms with E-state index in [1.807, 2.05) is 0 Å². The minimum absolute atomic E-state index is 0.273. The molecule has 0 fully saturated rings. The Kier molecular flexibility index (Phi) is 8.17. The third-order valence-corrected chi connectivity index (χ3v) is 14.0. The molecule has 2 aromatic rings. The highest BCUT2D eigenvalue weighted by Crippen LogP contribution is 2.67. The van der Waals surface area contributed by atoms with Gasteiger partial charge in [0.25, 0.3) is 0 Å². The van der Waals surface area contributed by atoms with Crippen molar-refractivity contribution >= 4 is 26.5 Å². The zero-order valence-corrected chi connectivity index (χ0v) is 28.4. The first-order chi connectivity index (χ1) is 21.9. The van der Waals surface area contributed by atoms with Gasteiger partial charge < -0.3 is 0 Å². The van der Waals surface area contributed by atoms with Crippen LogP contribution in [0.15, 0.2) is 153 Å². The summed E-state index contributed by atoms with van der Waals surface area (Å²) in [4.78, 5) is 0. The van der Waals surface area contributed by atoms with Gasteiger partial charge in [-0.15, -0.1) is 37.5 Å². The van der Waals surface area contributed by atoms with Crippen molar-refractivity contribution in [2.24, 2.45) is 0 Å². The molecule has 2 heteroatoms. The number of benzene rings is 2. The fraction of sp³-hybridized carbons (Fsp3) is 0.140. The predicted octanol–water partition coefficient (Wildman–Crippen LogP) is 10.5. The molecule has 2 aromatic carbocycles. The fourth-order valence-electron chi connectivity index (χ4n) is 6.92. The van der Waals surface area contributed by atoms with E-state index in [1.165, 1.54) is 77.0 Å². The number of aryl methyl sites for hydroxylation is 4. The summed E-state index contributed by atoms with van der Waals surface area (Å²) >= 11 is 0. The molecule has 1 unspecified atom stereocenters. The summed E-state index contributed by atoms with van der Waals surface area (Å²) in [6.45, 7) is 11.4. The largest absolute Gasteiger partial charge is 0.270 e. The van der Waals surface area contributed by atoms with E-state index in [4.69, 9.17) is 0 Å². The molecule has 2 atom stereocenters. The average Bonchev–Trinajstić information content (AvgIpc) is 3.50. The summed E-state index contributed by atoms with van der Waals surface area (Å²) in [6, 6.07) is 14.3. The van der Waals surface area contributed by atoms with Gasteiger partial charge in [0.1, 0.15) is 0 Å². The predicted molar refractivity (Wildman–Crippen MR) is 197 cm³/mol. The van der Waals surface area contributed by atoms with Crippen LogP contribution in [0, 0.1) is 59.0 Å². The second-order valence-corrected chi connectivity index (χ2v) is 16.9. The average molecular weight is 616 g/mol. The molecule has 0 aromatic heterocycles. The molecule has 0 bridgehead atoms. The van der Waals surface area contributed by atoms with Gasteiger partial charge in [0.05, 0.1) is 0 Å². The van der Waals surface area contributed by atoms with Crippen LogP contribution in [0.4, 0.5) is 0 Å². The van der Waals surface area contributed by atoms with Crippen LogP contribution in [0.3, 0.4) is 0 Å². The lowest BCUT2D eigenvalue weighted by Gasteiger charge is -2.49. The van der Waals surface area contributed by atoms with Crippen molar-refractivity contribution < 1.29 is 0 Å². The molecule has 0 saturated heterocycles. The van der Waals surface area contributed by atoms with Gasteiger partial charge in [-0.05, 0) is 51.9 Å². The van der Waals surface area contributed by atoms with Gasteiger partial charge in [-0.2, -0.15) is 59.4 Å². The molecule has 0 nitrogen and oxygen atoms in total. The Labute approximate surface area is 272 Å². The van der Waals surface area contributed by atoms with E-state index in [9.17, 15) is 0 Å². The van der Waals surface area contributed by atoms with Crippen molar-refractivity contribution in [1.82, 2.24) is 0 Å². The number of rotatable bonds is 7. The van der Waals surface area contributed by atoms with Crippen molar-refractivity contribution in [3.05, 3.63) is 207 Å². The third kappa shape index (κ3) is 5.76. The molecule has 7 rings (SSSR count). The Bertz CT molecular complexity index is 1830. The van der Waals surface area contributed by atoms with Crippen LogP contribution >= 0.6 is 15.8 Å². The first-order valence-corrected chi connectivity index (χ1v) is 18.4. The highest BCUT2D eigenvalue weighted by Gasteiger charge is 2.25. The SMILES string of the molecule is Cc1cc(C)cc(P(c2cc(C)cc(C)c2)[C@H](C)C2=C(P(C3=C4C=C[CH-]C=C4C=C[CH-]3)C3=C4C=CC=C[C-]4C=C[CH-]3)[C-]=C=C2)c1. The zero-order valence-electron chi connectivity index (χ0n) is 26.6. The lowest BCUT2D eigenvalue weighted by atomic mass is 9.90. The molecule has 224 valence electrons. The molecule has 0 amide bonds. The number of hydrogen-bond donors (Lipinski definition) is 0. The normalized spacial score (nSPS) is 19.1. The summed E-state index contributed by atoms with van der Waals surface area (Å²) in [5.74, 6) is 1.28. The monoisotopic (exact) mass is 615 g/mol. The van der Waals surface area contributed by atoms with Crippen LogP contribution in [-0.2, 0) is 0 Å². The molecule has 0 aliphatic heterocycles. The minimum atomic E-state index is -0.926. The molecule has 0 N–H and O–H groups in total. The van der Waals surface area contributed by atoms with E-state index in [2.05, 4.69) is 175 Å². The van der Waals surface area contributed by atoms with Crippen LogP contribution < -0.4 is 10.6 Å². The maximum Gasteiger partial charge on any atom is -0.0195 e. The van der Waals surface area contributed by atoms with Crippen molar-refractivity contribution in [2.75, 3.05) is 0 Å². The quantitative estimate of drug-likeness (QED) is 0.165. The Balaban J connectivity index is 1.44. The van der Waals surface area contributed by atoms with E-state index in [0.717, 1.165) is 0 Å². The molecule has 45 heavy (non-hydrogen) atoms. The maximum absolute atomic E-state index is 3.73. The van der Waals surface area contributed by atoms with Crippen LogP contribution in [0.25, 0.3) is 0 Å². The second kappa shape index (κ2) is 12.4. The molecule has 5 aliphatic rings. The highest BCUT2D eigenvalue weighted by atomic mass is 31.1. The highest BCUT2D eigenvalue weighted by molar-refractivity contribution is 7.74. The van der Waals surface area contributed by atoms with Crippen LogP contribution in [0.2, 0.25) is 0 Å². The summed E-state index contributed by atoms with van der Waals surface area (Å²) in [5.41, 5.74) is 14.3. The van der Waals surface area contributed by atoms with Gasteiger partial charge in [-0.1, -0.05) is 65.6 Å². The molecular formula is C43H37P2-5. The lowest BCUT2D eigenvalue weighted by Crippen LogP contribution is -2.22. The van der Waals surface area contributed by atoms with Crippen LogP contribution in [-0.4, -0.2) is 5.66 Å². The van der Waals surface area contributed by atoms with Crippen LogP contribution in [0.1, 0.15) is 29.2 Å². The van der Waals surface area contributed by atoms with Crippen molar-refractivity contribution in [3.8, 4) is 0 Å². The molecule has 0 heterocycles. The standard InChI is InChI=1S/C43H37P2/c1-29-23-30(2)26-36(25-29)44(37-27-31(3)24-32(4)28-37)33(5)38-19-12-22-41(38)45(42-20-10-15-34-13-6-8-17-39(34)42)43-21-11-16-35-14-7-9-18-40(35)43/h6-11,13-21,23-28,33H,1-5H3/q-5/t33-/m1/s1. The van der Waals surface area contributed by atoms with E-state index in [1.54, 1.807) is 0 Å². The maximum atomic E-state index is 3.73. The molecule has 0 spiro atoms. The fourth-order valence-corrected chi connectivity index (χ4v) is 12.9. The van der Waals surface area contributed by atoms with Crippen LogP contribution in [0.5, 0.6) is 0 Å². The minimum Gasteiger partial charge on any atom is -0.270 e. The second-order valence-electron chi connectivity index (χ2n) is 12.3. The summed E-state index contributed by atoms with van der Waals surface area (Å²) in [5, 5.41) is 6.93. The van der Waals surface area contributed by atoms with E-state index in [-0.39, 0.29) is 5.66 Å². The van der Waals surface area contributed by atoms with E-state index >= 15 is 0 Å². The Hall–Kier alpha value is -4.04. The van der Waals surface area contributed by atoms with E-state index < -0.39 is 15.8 Å². The third-order valence-electron chi connectivity index (χ3n) is 8.74. The smallest absolute Gasteiger partial charge is 0.0195 e. The lowest BCUT2D eigenvalue weighted by molar-refractivity contribution is 1.16. The molecule has 0 radical (unpaired) electrons. The molecular weight excluding hydrogens is 578 g/mol. The van der Waals surface area contributed by atoms with Gasteiger partial charge >= 0.3 is 0 Å². The zero-order chi connectivity index (χ0) is 31.1. The van der Waals surface area contributed by atoms with Gasteiger partial charge in [0.15, 0.2) is 0 Å². The number of fused-ring (bicyclic) bond motifs is 2. The van der Waals surface area contributed by atoms with Gasteiger partial charge in [0.2, 0.25) is 0 Å². The Morgan fingerprint density at radius 2 is 1.44 bits per heavy atom. The van der Waals surface area contributed by atoms with E-state index in [0.29, 0.717) is 0 Å².